The second-order valence-corrected chi connectivity index (χ2v) is 4.72. The first-order valence-corrected chi connectivity index (χ1v) is 6.14. The molecule has 18 heavy (non-hydrogen) atoms. The van der Waals surface area contributed by atoms with Gasteiger partial charge in [-0.15, -0.1) is 0 Å². The van der Waals surface area contributed by atoms with Crippen molar-refractivity contribution in [3.8, 4) is 0 Å². The van der Waals surface area contributed by atoms with Crippen molar-refractivity contribution < 1.29 is 0 Å². The summed E-state index contributed by atoms with van der Waals surface area (Å²) in [5.41, 5.74) is 8.86. The fourth-order valence-electron chi connectivity index (χ4n) is 1.58. The standard InChI is InChI=1S/C13H12ClN3S/c1-8-4-5-9(14)11(7-8)17-10-3-2-6-16-12(10)13(15)18/h2-7,17H,1H3,(H2,15,18). The van der Waals surface area contributed by atoms with E-state index in [4.69, 9.17) is 29.6 Å². The van der Waals surface area contributed by atoms with Crippen molar-refractivity contribution in [1.29, 1.82) is 0 Å². The zero-order chi connectivity index (χ0) is 13.1. The van der Waals surface area contributed by atoms with E-state index >= 15 is 0 Å². The highest BCUT2D eigenvalue weighted by Crippen LogP contribution is 2.27. The Labute approximate surface area is 116 Å². The maximum absolute atomic E-state index is 6.13. The van der Waals surface area contributed by atoms with Crippen LogP contribution in [-0.4, -0.2) is 9.97 Å². The van der Waals surface area contributed by atoms with Crippen LogP contribution in [0.15, 0.2) is 36.5 Å². The number of anilines is 2. The lowest BCUT2D eigenvalue weighted by Crippen LogP contribution is -2.13. The van der Waals surface area contributed by atoms with Crippen molar-refractivity contribution in [2.24, 2.45) is 5.73 Å². The normalized spacial score (nSPS) is 10.1. The number of benzene rings is 1. The molecule has 0 unspecified atom stereocenters. The molecule has 2 aromatic rings. The van der Waals surface area contributed by atoms with Crippen LogP contribution in [0.25, 0.3) is 0 Å². The topological polar surface area (TPSA) is 50.9 Å². The van der Waals surface area contributed by atoms with Gasteiger partial charge in [-0.3, -0.25) is 4.98 Å². The zero-order valence-electron chi connectivity index (χ0n) is 9.77. The van der Waals surface area contributed by atoms with E-state index in [-0.39, 0.29) is 4.99 Å². The Morgan fingerprint density at radius 2 is 2.11 bits per heavy atom. The van der Waals surface area contributed by atoms with Crippen molar-refractivity contribution in [1.82, 2.24) is 4.98 Å². The Morgan fingerprint density at radius 3 is 2.83 bits per heavy atom. The van der Waals surface area contributed by atoms with E-state index in [0.29, 0.717) is 10.7 Å². The molecule has 1 aromatic carbocycles. The Morgan fingerprint density at radius 1 is 1.33 bits per heavy atom. The molecule has 92 valence electrons. The molecule has 5 heteroatoms. The van der Waals surface area contributed by atoms with E-state index in [1.54, 1.807) is 6.20 Å². The minimum atomic E-state index is 0.252. The lowest BCUT2D eigenvalue weighted by atomic mass is 10.2. The smallest absolute Gasteiger partial charge is 0.124 e. The summed E-state index contributed by atoms with van der Waals surface area (Å²) in [7, 11) is 0. The van der Waals surface area contributed by atoms with Crippen LogP contribution in [0.1, 0.15) is 11.3 Å². The fraction of sp³-hybridized carbons (Fsp3) is 0.0769. The van der Waals surface area contributed by atoms with Gasteiger partial charge in [-0.2, -0.15) is 0 Å². The Hall–Kier alpha value is -1.65. The Bertz CT molecular complexity index is 599. The highest BCUT2D eigenvalue weighted by molar-refractivity contribution is 7.80. The van der Waals surface area contributed by atoms with Crippen molar-refractivity contribution in [3.63, 3.8) is 0 Å². The summed E-state index contributed by atoms with van der Waals surface area (Å²) in [5.74, 6) is 0. The molecule has 0 radical (unpaired) electrons. The summed E-state index contributed by atoms with van der Waals surface area (Å²) in [5, 5.41) is 3.84. The number of pyridine rings is 1. The first kappa shape index (κ1) is 12.8. The number of hydrogen-bond acceptors (Lipinski definition) is 3. The second kappa shape index (κ2) is 5.33. The highest BCUT2D eigenvalue weighted by Gasteiger charge is 2.08. The van der Waals surface area contributed by atoms with E-state index < -0.39 is 0 Å². The average molecular weight is 278 g/mol. The molecule has 1 aromatic heterocycles. The minimum Gasteiger partial charge on any atom is -0.388 e. The molecule has 0 bridgehead atoms. The molecule has 0 aliphatic heterocycles. The lowest BCUT2D eigenvalue weighted by Gasteiger charge is -2.12. The van der Waals surface area contributed by atoms with Crippen LogP contribution >= 0.6 is 23.8 Å². The predicted molar refractivity (Wildman–Crippen MR) is 79.6 cm³/mol. The number of nitrogens with zero attached hydrogens (tertiary/aromatic N) is 1. The minimum absolute atomic E-state index is 0.252. The molecular weight excluding hydrogens is 266 g/mol. The van der Waals surface area contributed by atoms with Crippen LogP contribution in [0.4, 0.5) is 11.4 Å². The number of thiocarbonyl (C=S) groups is 1. The van der Waals surface area contributed by atoms with Gasteiger partial charge in [0.05, 0.1) is 16.4 Å². The highest BCUT2D eigenvalue weighted by atomic mass is 35.5. The number of nitrogens with two attached hydrogens (primary N) is 1. The van der Waals surface area contributed by atoms with E-state index in [0.717, 1.165) is 16.9 Å². The third-order valence-corrected chi connectivity index (χ3v) is 2.96. The molecule has 0 saturated heterocycles. The van der Waals surface area contributed by atoms with Crippen LogP contribution in [0, 0.1) is 6.92 Å². The third-order valence-electron chi connectivity index (χ3n) is 2.43. The summed E-state index contributed by atoms with van der Waals surface area (Å²) in [6.07, 6.45) is 1.65. The molecule has 0 saturated carbocycles. The molecule has 0 fully saturated rings. The first-order chi connectivity index (χ1) is 8.58. The molecule has 1 heterocycles. The molecule has 3 nitrogen and oxygen atoms in total. The van der Waals surface area contributed by atoms with Gasteiger partial charge in [0.1, 0.15) is 10.7 Å². The molecular formula is C13H12ClN3S. The average Bonchev–Trinajstić information content (AvgIpc) is 2.34. The quantitative estimate of drug-likeness (QED) is 0.844. The summed E-state index contributed by atoms with van der Waals surface area (Å²) in [4.78, 5) is 4.41. The van der Waals surface area contributed by atoms with Gasteiger partial charge in [0.25, 0.3) is 0 Å². The summed E-state index contributed by atoms with van der Waals surface area (Å²) in [6, 6.07) is 9.42. The Kier molecular flexibility index (Phi) is 3.79. The van der Waals surface area contributed by atoms with E-state index in [2.05, 4.69) is 10.3 Å². The van der Waals surface area contributed by atoms with Gasteiger partial charge in [-0.05, 0) is 36.8 Å². The number of hydrogen-bond donors (Lipinski definition) is 2. The van der Waals surface area contributed by atoms with Gasteiger partial charge in [0, 0.05) is 6.20 Å². The summed E-state index contributed by atoms with van der Waals surface area (Å²) >= 11 is 11.1. The molecule has 0 atom stereocenters. The predicted octanol–water partition coefficient (Wildman–Crippen LogP) is 3.42. The summed E-state index contributed by atoms with van der Waals surface area (Å²) in [6.45, 7) is 2.00. The van der Waals surface area contributed by atoms with Crippen molar-refractivity contribution in [3.05, 3.63) is 52.8 Å². The van der Waals surface area contributed by atoms with E-state index in [9.17, 15) is 0 Å². The summed E-state index contributed by atoms with van der Waals surface area (Å²) < 4.78 is 0. The lowest BCUT2D eigenvalue weighted by molar-refractivity contribution is 1.28. The van der Waals surface area contributed by atoms with Gasteiger partial charge < -0.3 is 11.1 Å². The van der Waals surface area contributed by atoms with Crippen LogP contribution < -0.4 is 11.1 Å². The number of aryl methyl sites for hydroxylation is 1. The van der Waals surface area contributed by atoms with Gasteiger partial charge >= 0.3 is 0 Å². The molecule has 0 amide bonds. The van der Waals surface area contributed by atoms with Crippen LogP contribution in [0.3, 0.4) is 0 Å². The molecule has 0 aliphatic rings. The van der Waals surface area contributed by atoms with Crippen LogP contribution in [0.2, 0.25) is 5.02 Å². The van der Waals surface area contributed by atoms with E-state index in [1.807, 2.05) is 37.3 Å². The van der Waals surface area contributed by atoms with Crippen LogP contribution in [-0.2, 0) is 0 Å². The SMILES string of the molecule is Cc1ccc(Cl)c(Nc2cccnc2C(N)=S)c1. The van der Waals surface area contributed by atoms with Crippen molar-refractivity contribution in [2.75, 3.05) is 5.32 Å². The van der Waals surface area contributed by atoms with Gasteiger partial charge in [0.2, 0.25) is 0 Å². The second-order valence-electron chi connectivity index (χ2n) is 3.87. The largest absolute Gasteiger partial charge is 0.388 e. The third kappa shape index (κ3) is 2.78. The maximum Gasteiger partial charge on any atom is 0.124 e. The maximum atomic E-state index is 6.13. The molecule has 2 rings (SSSR count). The number of halogens is 1. The van der Waals surface area contributed by atoms with E-state index in [1.165, 1.54) is 0 Å². The fourth-order valence-corrected chi connectivity index (χ4v) is 1.91. The number of rotatable bonds is 3. The van der Waals surface area contributed by atoms with Gasteiger partial charge in [-0.1, -0.05) is 29.9 Å². The van der Waals surface area contributed by atoms with Gasteiger partial charge in [0.15, 0.2) is 0 Å². The number of nitrogens with one attached hydrogen (secondary N) is 1. The van der Waals surface area contributed by atoms with Crippen molar-refractivity contribution >= 4 is 40.2 Å². The monoisotopic (exact) mass is 277 g/mol. The molecule has 0 spiro atoms. The number of aromatic nitrogens is 1. The first-order valence-electron chi connectivity index (χ1n) is 5.36. The molecule has 0 aliphatic carbocycles. The van der Waals surface area contributed by atoms with Crippen LogP contribution in [0.5, 0.6) is 0 Å². The zero-order valence-corrected chi connectivity index (χ0v) is 11.3. The van der Waals surface area contributed by atoms with Crippen molar-refractivity contribution in [2.45, 2.75) is 6.92 Å². The molecule has 3 N–H and O–H groups in total. The Balaban J connectivity index is 2.40. The van der Waals surface area contributed by atoms with Gasteiger partial charge in [-0.25, -0.2) is 0 Å².